The summed E-state index contributed by atoms with van der Waals surface area (Å²) in [5.74, 6) is 2.00. The Kier molecular flexibility index (Phi) is 7.80. The third-order valence-electron chi connectivity index (χ3n) is 6.70. The quantitative estimate of drug-likeness (QED) is 0.209. The average Bonchev–Trinajstić information content (AvgIpc) is 3.28. The lowest BCUT2D eigenvalue weighted by Gasteiger charge is -2.12. The van der Waals surface area contributed by atoms with Crippen LogP contribution >= 0.6 is 0 Å². The Bertz CT molecular complexity index is 1500. The standard InChI is InChI=1S/C32H33N3O2/c1-24-11-9-14-26(23-24)32(36)33-20-8-2-3-19-31-34-28-16-6-7-17-29(28)35(31)21-22-37-30-18-10-13-25-12-4-5-15-27(25)30/h4-7,9-18,23H,2-3,8,19-22H2,1H3,(H,33,36). The molecule has 0 spiro atoms. The van der Waals surface area contributed by atoms with E-state index in [1.54, 1.807) is 0 Å². The summed E-state index contributed by atoms with van der Waals surface area (Å²) >= 11 is 0. The zero-order chi connectivity index (χ0) is 25.5. The molecule has 0 aliphatic rings. The van der Waals surface area contributed by atoms with Crippen LogP contribution in [0.1, 0.15) is 41.0 Å². The van der Waals surface area contributed by atoms with E-state index in [1.807, 2.05) is 61.5 Å². The molecule has 0 aliphatic heterocycles. The van der Waals surface area contributed by atoms with Crippen molar-refractivity contribution in [2.75, 3.05) is 13.2 Å². The molecule has 0 aliphatic carbocycles. The number of nitrogens with zero attached hydrogens (tertiary/aromatic N) is 2. The first-order valence-corrected chi connectivity index (χ1v) is 13.1. The molecule has 4 aromatic carbocycles. The first kappa shape index (κ1) is 24.6. The summed E-state index contributed by atoms with van der Waals surface area (Å²) in [5.41, 5.74) is 3.98. The van der Waals surface area contributed by atoms with Gasteiger partial charge in [0.25, 0.3) is 5.91 Å². The molecule has 188 valence electrons. The first-order chi connectivity index (χ1) is 18.2. The van der Waals surface area contributed by atoms with Crippen molar-refractivity contribution < 1.29 is 9.53 Å². The lowest BCUT2D eigenvalue weighted by atomic mass is 10.1. The van der Waals surface area contributed by atoms with Gasteiger partial charge in [-0.3, -0.25) is 4.79 Å². The summed E-state index contributed by atoms with van der Waals surface area (Å²) in [4.78, 5) is 17.3. The van der Waals surface area contributed by atoms with Crippen LogP contribution in [0.25, 0.3) is 21.8 Å². The Morgan fingerprint density at radius 1 is 0.892 bits per heavy atom. The number of fused-ring (bicyclic) bond motifs is 2. The second kappa shape index (κ2) is 11.7. The number of hydrogen-bond acceptors (Lipinski definition) is 3. The van der Waals surface area contributed by atoms with Gasteiger partial charge < -0.3 is 14.6 Å². The Hall–Kier alpha value is -4.12. The number of carbonyl (C=O) groups excluding carboxylic acids is 1. The molecule has 0 radical (unpaired) electrons. The number of benzene rings is 4. The van der Waals surface area contributed by atoms with Gasteiger partial charge in [0.1, 0.15) is 18.2 Å². The van der Waals surface area contributed by atoms with Crippen LogP contribution in [0.3, 0.4) is 0 Å². The van der Waals surface area contributed by atoms with E-state index < -0.39 is 0 Å². The Labute approximate surface area is 218 Å². The van der Waals surface area contributed by atoms with Crippen molar-refractivity contribution in [1.82, 2.24) is 14.9 Å². The fourth-order valence-corrected chi connectivity index (χ4v) is 4.81. The molecule has 5 heteroatoms. The molecule has 1 heterocycles. The van der Waals surface area contributed by atoms with Gasteiger partial charge in [0.15, 0.2) is 0 Å². The number of hydrogen-bond donors (Lipinski definition) is 1. The topological polar surface area (TPSA) is 56.2 Å². The molecular weight excluding hydrogens is 458 g/mol. The minimum atomic E-state index is -0.00307. The number of unbranched alkanes of at least 4 members (excludes halogenated alkanes) is 2. The minimum absolute atomic E-state index is 0.00307. The summed E-state index contributed by atoms with van der Waals surface area (Å²) in [5, 5.41) is 5.36. The van der Waals surface area contributed by atoms with Gasteiger partial charge in [-0.15, -0.1) is 0 Å². The van der Waals surface area contributed by atoms with Gasteiger partial charge in [-0.05, 0) is 55.5 Å². The zero-order valence-electron chi connectivity index (χ0n) is 21.3. The molecule has 5 nitrogen and oxygen atoms in total. The molecule has 0 saturated heterocycles. The van der Waals surface area contributed by atoms with Crippen LogP contribution in [0.4, 0.5) is 0 Å². The molecule has 1 amide bonds. The van der Waals surface area contributed by atoms with Crippen molar-refractivity contribution in [3.05, 3.63) is 108 Å². The van der Waals surface area contributed by atoms with Gasteiger partial charge in [-0.2, -0.15) is 0 Å². The van der Waals surface area contributed by atoms with Crippen molar-refractivity contribution >= 4 is 27.7 Å². The van der Waals surface area contributed by atoms with Crippen molar-refractivity contribution in [2.24, 2.45) is 0 Å². The summed E-state index contributed by atoms with van der Waals surface area (Å²) in [6.45, 7) is 4.00. The lowest BCUT2D eigenvalue weighted by Crippen LogP contribution is -2.24. The summed E-state index contributed by atoms with van der Waals surface area (Å²) in [7, 11) is 0. The van der Waals surface area contributed by atoms with Gasteiger partial charge in [-0.1, -0.05) is 72.6 Å². The third kappa shape index (κ3) is 6.00. The number of rotatable bonds is 11. The molecule has 0 saturated carbocycles. The number of amides is 1. The maximum Gasteiger partial charge on any atom is 0.251 e. The van der Waals surface area contributed by atoms with Crippen molar-refractivity contribution in [1.29, 1.82) is 0 Å². The van der Waals surface area contributed by atoms with Crippen molar-refractivity contribution in [2.45, 2.75) is 39.2 Å². The van der Waals surface area contributed by atoms with Crippen molar-refractivity contribution in [3.8, 4) is 5.75 Å². The molecular formula is C32H33N3O2. The van der Waals surface area contributed by atoms with E-state index >= 15 is 0 Å². The molecule has 1 aromatic heterocycles. The Morgan fingerprint density at radius 2 is 1.70 bits per heavy atom. The Morgan fingerprint density at radius 3 is 2.62 bits per heavy atom. The third-order valence-corrected chi connectivity index (χ3v) is 6.70. The van der Waals surface area contributed by atoms with Gasteiger partial charge in [0, 0.05) is 23.9 Å². The molecule has 5 rings (SSSR count). The largest absolute Gasteiger partial charge is 0.491 e. The van der Waals surface area contributed by atoms with E-state index in [1.165, 1.54) is 5.39 Å². The maximum absolute atomic E-state index is 12.3. The minimum Gasteiger partial charge on any atom is -0.491 e. The number of aromatic nitrogens is 2. The van der Waals surface area contributed by atoms with Gasteiger partial charge >= 0.3 is 0 Å². The van der Waals surface area contributed by atoms with Gasteiger partial charge in [0.05, 0.1) is 17.6 Å². The molecule has 5 aromatic rings. The van der Waals surface area contributed by atoms with Crippen LogP contribution in [-0.4, -0.2) is 28.6 Å². The number of ether oxygens (including phenoxy) is 1. The monoisotopic (exact) mass is 491 g/mol. The van der Waals surface area contributed by atoms with E-state index in [2.05, 4.69) is 46.3 Å². The second-order valence-corrected chi connectivity index (χ2v) is 9.43. The molecule has 37 heavy (non-hydrogen) atoms. The normalized spacial score (nSPS) is 11.2. The predicted molar refractivity (Wildman–Crippen MR) is 150 cm³/mol. The number of para-hydroxylation sites is 2. The van der Waals surface area contributed by atoms with Crippen LogP contribution in [0, 0.1) is 6.92 Å². The number of nitrogens with one attached hydrogen (secondary N) is 1. The highest BCUT2D eigenvalue weighted by atomic mass is 16.5. The van der Waals surface area contributed by atoms with E-state index in [0.29, 0.717) is 13.2 Å². The average molecular weight is 492 g/mol. The maximum atomic E-state index is 12.3. The van der Waals surface area contributed by atoms with E-state index in [4.69, 9.17) is 9.72 Å². The first-order valence-electron chi connectivity index (χ1n) is 13.1. The predicted octanol–water partition coefficient (Wildman–Crippen LogP) is 6.72. The fraction of sp³-hybridized carbons (Fsp3) is 0.250. The Balaban J connectivity index is 1.15. The summed E-state index contributed by atoms with van der Waals surface area (Å²) < 4.78 is 8.52. The molecule has 1 N–H and O–H groups in total. The van der Waals surface area contributed by atoms with E-state index in [0.717, 1.165) is 71.3 Å². The van der Waals surface area contributed by atoms with Crippen LogP contribution in [-0.2, 0) is 13.0 Å². The number of carbonyl (C=O) groups is 1. The highest BCUT2D eigenvalue weighted by Crippen LogP contribution is 2.25. The van der Waals surface area contributed by atoms with E-state index in [-0.39, 0.29) is 5.91 Å². The number of imidazole rings is 1. The number of aryl methyl sites for hydroxylation is 2. The van der Waals surface area contributed by atoms with Crippen LogP contribution < -0.4 is 10.1 Å². The fourth-order valence-electron chi connectivity index (χ4n) is 4.81. The highest BCUT2D eigenvalue weighted by molar-refractivity contribution is 5.94. The van der Waals surface area contributed by atoms with Crippen LogP contribution in [0.2, 0.25) is 0 Å². The van der Waals surface area contributed by atoms with Gasteiger partial charge in [-0.25, -0.2) is 4.98 Å². The molecule has 0 bridgehead atoms. The SMILES string of the molecule is Cc1cccc(C(=O)NCCCCCc2nc3ccccc3n2CCOc2cccc3ccccc23)c1. The second-order valence-electron chi connectivity index (χ2n) is 9.43. The highest BCUT2D eigenvalue weighted by Gasteiger charge is 2.11. The van der Waals surface area contributed by atoms with Crippen LogP contribution in [0.5, 0.6) is 5.75 Å². The zero-order valence-corrected chi connectivity index (χ0v) is 21.3. The van der Waals surface area contributed by atoms with E-state index in [9.17, 15) is 4.79 Å². The summed E-state index contributed by atoms with van der Waals surface area (Å²) in [6, 6.07) is 30.5. The molecule has 0 atom stereocenters. The van der Waals surface area contributed by atoms with Gasteiger partial charge in [0.2, 0.25) is 0 Å². The lowest BCUT2D eigenvalue weighted by molar-refractivity contribution is 0.0953. The van der Waals surface area contributed by atoms with Crippen molar-refractivity contribution in [3.63, 3.8) is 0 Å². The molecule has 0 unspecified atom stereocenters. The molecule has 0 fully saturated rings. The van der Waals surface area contributed by atoms with Crippen LogP contribution in [0.15, 0.2) is 91.0 Å². The smallest absolute Gasteiger partial charge is 0.251 e. The summed E-state index contributed by atoms with van der Waals surface area (Å²) in [6.07, 6.45) is 3.90.